The highest BCUT2D eigenvalue weighted by Gasteiger charge is 2.22. The van der Waals surface area contributed by atoms with Crippen LogP contribution in [-0.2, 0) is 19.5 Å². The monoisotopic (exact) mass is 395 g/mol. The summed E-state index contributed by atoms with van der Waals surface area (Å²) < 4.78 is 0. The lowest BCUT2D eigenvalue weighted by molar-refractivity contribution is 0.241. The number of nitrogens with one attached hydrogen (secondary N) is 1. The molecule has 2 aromatic carbocycles. The third kappa shape index (κ3) is 3.68. The summed E-state index contributed by atoms with van der Waals surface area (Å²) in [6, 6.07) is 11.3. The first-order valence-corrected chi connectivity index (χ1v) is 9.68. The Balaban J connectivity index is 1.57. The van der Waals surface area contributed by atoms with Gasteiger partial charge in [-0.2, -0.15) is 0 Å². The summed E-state index contributed by atoms with van der Waals surface area (Å²) in [5.41, 5.74) is 5.25. The highest BCUT2D eigenvalue weighted by Crippen LogP contribution is 2.25. The Hall–Kier alpha value is -2.63. The Morgan fingerprint density at radius 1 is 1.18 bits per heavy atom. The fourth-order valence-electron chi connectivity index (χ4n) is 3.76. The molecule has 2 heterocycles. The van der Waals surface area contributed by atoms with Gasteiger partial charge in [0.2, 0.25) is 0 Å². The molecule has 144 valence electrons. The van der Waals surface area contributed by atoms with Crippen molar-refractivity contribution in [2.75, 3.05) is 6.54 Å². The zero-order valence-corrected chi connectivity index (χ0v) is 16.7. The van der Waals surface area contributed by atoms with Crippen molar-refractivity contribution in [1.29, 1.82) is 0 Å². The molecule has 0 spiro atoms. The number of aromatic nitrogens is 2. The summed E-state index contributed by atoms with van der Waals surface area (Å²) in [4.78, 5) is 22.5. The van der Waals surface area contributed by atoms with Crippen LogP contribution in [0.3, 0.4) is 0 Å². The summed E-state index contributed by atoms with van der Waals surface area (Å²) in [5, 5.41) is 10.6. The lowest BCUT2D eigenvalue weighted by Gasteiger charge is -2.28. The van der Waals surface area contributed by atoms with Gasteiger partial charge in [0, 0.05) is 36.6 Å². The van der Waals surface area contributed by atoms with Crippen molar-refractivity contribution in [2.45, 2.75) is 33.4 Å². The van der Waals surface area contributed by atoms with E-state index in [0.29, 0.717) is 23.1 Å². The predicted molar refractivity (Wildman–Crippen MR) is 111 cm³/mol. The zero-order valence-electron chi connectivity index (χ0n) is 15.9. The SMILES string of the molecule is Cc1cc(CN2CCc3nc(-c4ccc(Cl)cc4)[nH]c(=O)c3C2)cc(C)c1O. The number of phenolic OH excluding ortho intramolecular Hbond substituents is 1. The van der Waals surface area contributed by atoms with Gasteiger partial charge < -0.3 is 10.1 Å². The molecule has 28 heavy (non-hydrogen) atoms. The van der Waals surface area contributed by atoms with Gasteiger partial charge in [0.15, 0.2) is 0 Å². The van der Waals surface area contributed by atoms with Crippen LogP contribution in [0.15, 0.2) is 41.2 Å². The maximum atomic E-state index is 12.7. The van der Waals surface area contributed by atoms with Crippen molar-refractivity contribution < 1.29 is 5.11 Å². The van der Waals surface area contributed by atoms with E-state index in [9.17, 15) is 9.90 Å². The van der Waals surface area contributed by atoms with E-state index in [2.05, 4.69) is 9.88 Å². The summed E-state index contributed by atoms with van der Waals surface area (Å²) in [5.74, 6) is 0.932. The van der Waals surface area contributed by atoms with Gasteiger partial charge in [0.1, 0.15) is 11.6 Å². The van der Waals surface area contributed by atoms with Gasteiger partial charge >= 0.3 is 0 Å². The van der Waals surface area contributed by atoms with Crippen LogP contribution in [0.1, 0.15) is 27.9 Å². The highest BCUT2D eigenvalue weighted by molar-refractivity contribution is 6.30. The van der Waals surface area contributed by atoms with Crippen LogP contribution in [0.2, 0.25) is 5.02 Å². The van der Waals surface area contributed by atoms with Crippen LogP contribution < -0.4 is 5.56 Å². The van der Waals surface area contributed by atoms with E-state index in [1.807, 2.05) is 38.1 Å². The number of aryl methyl sites for hydroxylation is 2. The third-order valence-corrected chi connectivity index (χ3v) is 5.47. The van der Waals surface area contributed by atoms with Crippen LogP contribution in [0.4, 0.5) is 0 Å². The Bertz CT molecular complexity index is 1070. The number of aromatic hydroxyl groups is 1. The number of hydrogen-bond acceptors (Lipinski definition) is 4. The molecule has 1 aliphatic heterocycles. The van der Waals surface area contributed by atoms with Gasteiger partial charge in [-0.1, -0.05) is 23.7 Å². The molecule has 0 bridgehead atoms. The Kier molecular flexibility index (Phi) is 4.96. The van der Waals surface area contributed by atoms with E-state index in [4.69, 9.17) is 16.6 Å². The number of rotatable bonds is 3. The zero-order chi connectivity index (χ0) is 19.8. The van der Waals surface area contributed by atoms with Crippen molar-refractivity contribution in [3.05, 3.63) is 79.7 Å². The summed E-state index contributed by atoms with van der Waals surface area (Å²) >= 11 is 5.94. The van der Waals surface area contributed by atoms with Gasteiger partial charge in [0.25, 0.3) is 5.56 Å². The first kappa shape index (κ1) is 18.7. The van der Waals surface area contributed by atoms with E-state index in [-0.39, 0.29) is 5.56 Å². The lowest BCUT2D eigenvalue weighted by Crippen LogP contribution is -2.35. The van der Waals surface area contributed by atoms with Crippen molar-refractivity contribution in [3.63, 3.8) is 0 Å². The minimum atomic E-state index is -0.0854. The Morgan fingerprint density at radius 2 is 1.86 bits per heavy atom. The quantitative estimate of drug-likeness (QED) is 0.704. The maximum absolute atomic E-state index is 12.7. The molecule has 0 atom stereocenters. The molecule has 0 aliphatic carbocycles. The smallest absolute Gasteiger partial charge is 0.255 e. The normalized spacial score (nSPS) is 14.1. The Labute approximate surface area is 168 Å². The molecule has 0 fully saturated rings. The summed E-state index contributed by atoms with van der Waals surface area (Å²) in [7, 11) is 0. The molecule has 6 heteroatoms. The summed E-state index contributed by atoms with van der Waals surface area (Å²) in [6.45, 7) is 5.95. The molecule has 4 rings (SSSR count). The topological polar surface area (TPSA) is 69.2 Å². The van der Waals surface area contributed by atoms with E-state index in [0.717, 1.165) is 53.0 Å². The van der Waals surface area contributed by atoms with Crippen LogP contribution >= 0.6 is 11.6 Å². The molecule has 5 nitrogen and oxygen atoms in total. The first-order chi connectivity index (χ1) is 13.4. The molecule has 0 unspecified atom stereocenters. The molecular formula is C22H22ClN3O2. The van der Waals surface area contributed by atoms with Gasteiger partial charge in [-0.3, -0.25) is 9.69 Å². The molecule has 3 aromatic rings. The minimum absolute atomic E-state index is 0.0854. The minimum Gasteiger partial charge on any atom is -0.507 e. The molecule has 1 aliphatic rings. The average molecular weight is 396 g/mol. The van der Waals surface area contributed by atoms with Crippen molar-refractivity contribution >= 4 is 11.6 Å². The van der Waals surface area contributed by atoms with Gasteiger partial charge in [-0.25, -0.2) is 4.98 Å². The first-order valence-electron chi connectivity index (χ1n) is 9.30. The standard InChI is InChI=1S/C22H22ClN3O2/c1-13-9-15(10-14(2)20(13)27)11-26-8-7-19-18(12-26)22(28)25-21(24-19)16-3-5-17(23)6-4-16/h3-6,9-10,27H,7-8,11-12H2,1-2H3,(H,24,25,28). The molecule has 0 amide bonds. The van der Waals surface area contributed by atoms with E-state index in [1.165, 1.54) is 0 Å². The number of nitrogens with zero attached hydrogens (tertiary/aromatic N) is 2. The van der Waals surface area contributed by atoms with E-state index < -0.39 is 0 Å². The molecule has 2 N–H and O–H groups in total. The van der Waals surface area contributed by atoms with Crippen molar-refractivity contribution in [2.24, 2.45) is 0 Å². The Morgan fingerprint density at radius 3 is 2.54 bits per heavy atom. The maximum Gasteiger partial charge on any atom is 0.255 e. The second kappa shape index (κ2) is 7.41. The van der Waals surface area contributed by atoms with Gasteiger partial charge in [0.05, 0.1) is 11.3 Å². The molecule has 0 radical (unpaired) electrons. The van der Waals surface area contributed by atoms with Gasteiger partial charge in [-0.15, -0.1) is 0 Å². The number of benzene rings is 2. The number of H-pyrrole nitrogens is 1. The predicted octanol–water partition coefficient (Wildman–Crippen LogP) is 3.97. The lowest BCUT2D eigenvalue weighted by atomic mass is 10.0. The van der Waals surface area contributed by atoms with E-state index >= 15 is 0 Å². The van der Waals surface area contributed by atoms with Crippen molar-refractivity contribution in [3.8, 4) is 17.1 Å². The number of halogens is 1. The largest absolute Gasteiger partial charge is 0.507 e. The van der Waals surface area contributed by atoms with Crippen LogP contribution in [0.5, 0.6) is 5.75 Å². The van der Waals surface area contributed by atoms with Crippen LogP contribution in [0, 0.1) is 13.8 Å². The second-order valence-corrected chi connectivity index (χ2v) is 7.82. The van der Waals surface area contributed by atoms with Crippen LogP contribution in [-0.4, -0.2) is 26.5 Å². The molecule has 0 saturated carbocycles. The number of aromatic amines is 1. The highest BCUT2D eigenvalue weighted by atomic mass is 35.5. The number of phenols is 1. The molecular weight excluding hydrogens is 374 g/mol. The molecule has 1 aromatic heterocycles. The summed E-state index contributed by atoms with van der Waals surface area (Å²) in [6.07, 6.45) is 0.732. The average Bonchev–Trinajstić information content (AvgIpc) is 2.67. The number of fused-ring (bicyclic) bond motifs is 1. The molecule has 0 saturated heterocycles. The fourth-order valence-corrected chi connectivity index (χ4v) is 3.88. The van der Waals surface area contributed by atoms with Crippen molar-refractivity contribution in [1.82, 2.24) is 14.9 Å². The third-order valence-electron chi connectivity index (χ3n) is 5.22. The fraction of sp³-hybridized carbons (Fsp3) is 0.273. The number of hydrogen-bond donors (Lipinski definition) is 2. The van der Waals surface area contributed by atoms with Gasteiger partial charge in [-0.05, 0) is 54.8 Å². The van der Waals surface area contributed by atoms with E-state index in [1.54, 1.807) is 12.1 Å². The van der Waals surface area contributed by atoms with Crippen LogP contribution in [0.25, 0.3) is 11.4 Å². The second-order valence-electron chi connectivity index (χ2n) is 7.39.